The first-order valence-corrected chi connectivity index (χ1v) is 10.1. The smallest absolute Gasteiger partial charge is 0.272 e. The van der Waals surface area contributed by atoms with Gasteiger partial charge in [0.2, 0.25) is 15.7 Å². The number of amides is 1. The van der Waals surface area contributed by atoms with Gasteiger partial charge in [0.15, 0.2) is 5.96 Å². The number of nitrogens with two attached hydrogens (primary N) is 3. The molecule has 0 bridgehead atoms. The van der Waals surface area contributed by atoms with E-state index in [0.29, 0.717) is 30.5 Å². The van der Waals surface area contributed by atoms with Gasteiger partial charge >= 0.3 is 0 Å². The molecule has 0 aliphatic rings. The van der Waals surface area contributed by atoms with Crippen LogP contribution in [0.5, 0.6) is 0 Å². The molecule has 0 rings (SSSR count). The number of nitrogens with one attached hydrogen (secondary N) is 1. The fourth-order valence-corrected chi connectivity index (χ4v) is 2.90. The Balaban J connectivity index is 4.77. The Morgan fingerprint density at radius 3 is 2.46 bits per heavy atom. The molecule has 0 saturated carbocycles. The zero-order valence-electron chi connectivity index (χ0n) is 13.6. The predicted molar refractivity (Wildman–Crippen MR) is 96.9 cm³/mol. The van der Waals surface area contributed by atoms with Crippen molar-refractivity contribution in [3.8, 4) is 0 Å². The lowest BCUT2D eigenvalue weighted by Gasteiger charge is -2.19. The van der Waals surface area contributed by atoms with Crippen molar-refractivity contribution in [3.63, 3.8) is 0 Å². The number of nitrogens with zero attached hydrogens (tertiary/aromatic N) is 1. The zero-order chi connectivity index (χ0) is 18.8. The van der Waals surface area contributed by atoms with Gasteiger partial charge < -0.3 is 22.5 Å². The molecule has 0 aromatic rings. The Hall–Kier alpha value is -1.59. The molecule has 0 aliphatic carbocycles. The molecular weight excluding hydrogens is 354 g/mol. The monoisotopic (exact) mass is 379 g/mol. The topological polar surface area (TPSA) is 171 Å². The zero-order valence-corrected chi connectivity index (χ0v) is 15.2. The van der Waals surface area contributed by atoms with Crippen molar-refractivity contribution in [2.45, 2.75) is 31.3 Å². The van der Waals surface area contributed by atoms with Gasteiger partial charge in [-0.25, -0.2) is 8.42 Å². The average Bonchev–Trinajstić information content (AvgIpc) is 2.53. The summed E-state index contributed by atoms with van der Waals surface area (Å²) in [5.41, 5.74) is 16.1. The summed E-state index contributed by atoms with van der Waals surface area (Å²) in [6.45, 7) is 3.43. The second-order valence-electron chi connectivity index (χ2n) is 4.93. The summed E-state index contributed by atoms with van der Waals surface area (Å²) in [7, 11) is -4.11. The third kappa shape index (κ3) is 8.31. The summed E-state index contributed by atoms with van der Waals surface area (Å²) < 4.78 is 23.3. The van der Waals surface area contributed by atoms with E-state index in [1.54, 1.807) is 6.26 Å². The standard InChI is InChI=1S/C13H25N5O4S2/c1-3-24(21,22)12(20)10(6-8-23-2)18-11(19)9(14)5-4-7-17-13(15)16/h3,9-10H,1,4-8,14H2,2H3,(H,18,19)(H4,15,16,17)/t9-,10-/m0/s1. The lowest BCUT2D eigenvalue weighted by Crippen LogP contribution is -2.50. The number of carbonyl (C=O) groups is 2. The summed E-state index contributed by atoms with van der Waals surface area (Å²) >= 11 is 1.43. The van der Waals surface area contributed by atoms with Crippen LogP contribution >= 0.6 is 11.8 Å². The molecule has 7 N–H and O–H groups in total. The lowest BCUT2D eigenvalue weighted by atomic mass is 10.1. The highest BCUT2D eigenvalue weighted by molar-refractivity contribution is 8.08. The lowest BCUT2D eigenvalue weighted by molar-refractivity contribution is -0.126. The van der Waals surface area contributed by atoms with Gasteiger partial charge in [0.1, 0.15) is 6.04 Å². The van der Waals surface area contributed by atoms with E-state index in [4.69, 9.17) is 17.2 Å². The Bertz CT molecular complexity index is 573. The first-order chi connectivity index (χ1) is 11.2. The van der Waals surface area contributed by atoms with Crippen LogP contribution in [-0.4, -0.2) is 56.0 Å². The molecule has 0 aromatic carbocycles. The number of aliphatic imine (C=N–C) groups is 1. The van der Waals surface area contributed by atoms with Gasteiger partial charge in [-0.1, -0.05) is 6.58 Å². The van der Waals surface area contributed by atoms with Crippen molar-refractivity contribution in [2.24, 2.45) is 22.2 Å². The van der Waals surface area contributed by atoms with Crippen LogP contribution in [0.15, 0.2) is 17.0 Å². The maximum atomic E-state index is 12.1. The van der Waals surface area contributed by atoms with Gasteiger partial charge in [0.25, 0.3) is 5.12 Å². The van der Waals surface area contributed by atoms with Crippen molar-refractivity contribution in [3.05, 3.63) is 12.0 Å². The van der Waals surface area contributed by atoms with E-state index in [1.165, 1.54) is 11.8 Å². The quantitative estimate of drug-likeness (QED) is 0.195. The van der Waals surface area contributed by atoms with Crippen molar-refractivity contribution < 1.29 is 18.0 Å². The predicted octanol–water partition coefficient (Wildman–Crippen LogP) is -1.31. The molecule has 0 radical (unpaired) electrons. The van der Waals surface area contributed by atoms with E-state index >= 15 is 0 Å². The van der Waals surface area contributed by atoms with Crippen molar-refractivity contribution in [1.82, 2.24) is 5.32 Å². The maximum absolute atomic E-state index is 12.1. The van der Waals surface area contributed by atoms with Crippen LogP contribution in [-0.2, 0) is 19.4 Å². The largest absolute Gasteiger partial charge is 0.370 e. The highest BCUT2D eigenvalue weighted by Gasteiger charge is 2.30. The second kappa shape index (κ2) is 11.0. The SMILES string of the molecule is C=CS(=O)(=O)C(=O)[C@H](CCSC)NC(=O)[C@@H](N)CCCN=C(N)N. The van der Waals surface area contributed by atoms with Crippen LogP contribution in [0.4, 0.5) is 0 Å². The van der Waals surface area contributed by atoms with Crippen LogP contribution in [0.3, 0.4) is 0 Å². The summed E-state index contributed by atoms with van der Waals surface area (Å²) in [6, 6.07) is -2.05. The summed E-state index contributed by atoms with van der Waals surface area (Å²) in [5, 5.41) is 1.88. The van der Waals surface area contributed by atoms with E-state index in [9.17, 15) is 18.0 Å². The third-order valence-electron chi connectivity index (χ3n) is 3.02. The van der Waals surface area contributed by atoms with E-state index in [-0.39, 0.29) is 12.4 Å². The van der Waals surface area contributed by atoms with Gasteiger partial charge in [0, 0.05) is 12.0 Å². The molecule has 0 fully saturated rings. The van der Waals surface area contributed by atoms with Crippen LogP contribution in [0.2, 0.25) is 0 Å². The molecule has 0 aliphatic heterocycles. The molecule has 0 saturated heterocycles. The minimum Gasteiger partial charge on any atom is -0.370 e. The van der Waals surface area contributed by atoms with E-state index < -0.39 is 32.9 Å². The van der Waals surface area contributed by atoms with E-state index in [1.807, 2.05) is 0 Å². The van der Waals surface area contributed by atoms with Crippen molar-refractivity contribution in [1.29, 1.82) is 0 Å². The number of hydrogen-bond acceptors (Lipinski definition) is 7. The number of carbonyl (C=O) groups excluding carboxylic acids is 2. The van der Waals surface area contributed by atoms with Gasteiger partial charge in [-0.15, -0.1) is 0 Å². The summed E-state index contributed by atoms with van der Waals surface area (Å²) in [5.74, 6) is -0.146. The number of hydrogen-bond donors (Lipinski definition) is 4. The van der Waals surface area contributed by atoms with E-state index in [0.717, 1.165) is 0 Å². The highest BCUT2D eigenvalue weighted by Crippen LogP contribution is 2.08. The first kappa shape index (κ1) is 22.4. The summed E-state index contributed by atoms with van der Waals surface area (Å²) in [4.78, 5) is 27.9. The van der Waals surface area contributed by atoms with Crippen LogP contribution < -0.4 is 22.5 Å². The Morgan fingerprint density at radius 1 is 1.33 bits per heavy atom. The van der Waals surface area contributed by atoms with Gasteiger partial charge in [0.05, 0.1) is 6.04 Å². The summed E-state index contributed by atoms with van der Waals surface area (Å²) in [6.07, 6.45) is 2.75. The maximum Gasteiger partial charge on any atom is 0.272 e. The molecule has 1 amide bonds. The number of rotatable bonds is 11. The number of sulfone groups is 1. The molecular formula is C13H25N5O4S2. The molecule has 138 valence electrons. The van der Waals surface area contributed by atoms with Crippen molar-refractivity contribution in [2.75, 3.05) is 18.6 Å². The Morgan fingerprint density at radius 2 is 1.96 bits per heavy atom. The highest BCUT2D eigenvalue weighted by atomic mass is 32.2. The van der Waals surface area contributed by atoms with Gasteiger partial charge in [-0.2, -0.15) is 11.8 Å². The van der Waals surface area contributed by atoms with Crippen LogP contribution in [0.25, 0.3) is 0 Å². The van der Waals surface area contributed by atoms with E-state index in [2.05, 4.69) is 16.9 Å². The molecule has 9 nitrogen and oxygen atoms in total. The first-order valence-electron chi connectivity index (χ1n) is 7.17. The molecule has 0 heterocycles. The average molecular weight is 380 g/mol. The minimum absolute atomic E-state index is 0.0506. The normalized spacial score (nSPS) is 13.6. The molecule has 0 aromatic heterocycles. The van der Waals surface area contributed by atoms with Crippen molar-refractivity contribution >= 4 is 38.6 Å². The fourth-order valence-electron chi connectivity index (χ4n) is 1.69. The second-order valence-corrected chi connectivity index (χ2v) is 7.74. The number of thioether (sulfide) groups is 1. The molecule has 11 heteroatoms. The Labute approximate surface area is 146 Å². The fraction of sp³-hybridized carbons (Fsp3) is 0.615. The van der Waals surface area contributed by atoms with Gasteiger partial charge in [-0.05, 0) is 31.3 Å². The Kier molecular flexibility index (Phi) is 10.3. The number of guanidine groups is 1. The molecule has 24 heavy (non-hydrogen) atoms. The molecule has 0 unspecified atom stereocenters. The van der Waals surface area contributed by atoms with Crippen LogP contribution in [0, 0.1) is 0 Å². The third-order valence-corrected chi connectivity index (χ3v) is 4.94. The molecule has 2 atom stereocenters. The van der Waals surface area contributed by atoms with Crippen LogP contribution in [0.1, 0.15) is 19.3 Å². The minimum atomic E-state index is -4.11. The molecule has 0 spiro atoms. The van der Waals surface area contributed by atoms with Gasteiger partial charge in [-0.3, -0.25) is 14.6 Å².